The van der Waals surface area contributed by atoms with Crippen molar-refractivity contribution in [2.75, 3.05) is 13.7 Å². The Morgan fingerprint density at radius 2 is 2.10 bits per heavy atom. The molecule has 0 aliphatic heterocycles. The second kappa shape index (κ2) is 15.8. The summed E-state index contributed by atoms with van der Waals surface area (Å²) < 4.78 is 4.69. The van der Waals surface area contributed by atoms with Crippen molar-refractivity contribution < 1.29 is 4.74 Å². The molecule has 60 valence electrons. The van der Waals surface area contributed by atoms with Crippen LogP contribution in [0.25, 0.3) is 0 Å². The average molecular weight is 142 g/mol. The van der Waals surface area contributed by atoms with E-state index in [0.29, 0.717) is 0 Å². The molecule has 1 nitrogen and oxygen atoms in total. The maximum atomic E-state index is 4.69. The van der Waals surface area contributed by atoms with Crippen molar-refractivity contribution in [3.05, 3.63) is 24.8 Å². The van der Waals surface area contributed by atoms with Crippen LogP contribution in [0.5, 0.6) is 0 Å². The fraction of sp³-hybridized carbons (Fsp3) is 0.556. The lowest BCUT2D eigenvalue weighted by atomic mass is 10.5. The molecule has 10 heavy (non-hydrogen) atoms. The molecular weight excluding hydrogens is 124 g/mol. The van der Waals surface area contributed by atoms with E-state index in [0.717, 1.165) is 13.0 Å². The number of hydrogen-bond donors (Lipinski definition) is 0. The Morgan fingerprint density at radius 3 is 2.10 bits per heavy atom. The van der Waals surface area contributed by atoms with E-state index in [-0.39, 0.29) is 0 Å². The maximum Gasteiger partial charge on any atom is 0.0459 e. The Morgan fingerprint density at radius 1 is 1.50 bits per heavy atom. The number of rotatable bonds is 3. The predicted molar refractivity (Wildman–Crippen MR) is 47.2 cm³/mol. The first-order valence-corrected chi connectivity index (χ1v) is 3.56. The van der Waals surface area contributed by atoms with E-state index in [1.165, 1.54) is 0 Å². The molecule has 0 bridgehead atoms. The van der Waals surface area contributed by atoms with E-state index in [1.54, 1.807) is 13.2 Å². The molecule has 0 fully saturated rings. The largest absolute Gasteiger partial charge is 0.385 e. The summed E-state index contributed by atoms with van der Waals surface area (Å²) in [4.78, 5) is 0. The van der Waals surface area contributed by atoms with Crippen molar-refractivity contribution in [1.82, 2.24) is 0 Å². The van der Waals surface area contributed by atoms with Crippen molar-refractivity contribution in [1.29, 1.82) is 0 Å². The van der Waals surface area contributed by atoms with Gasteiger partial charge in [0.15, 0.2) is 0 Å². The van der Waals surface area contributed by atoms with E-state index < -0.39 is 0 Å². The zero-order valence-corrected chi connectivity index (χ0v) is 7.26. The molecule has 0 saturated carbocycles. The van der Waals surface area contributed by atoms with Crippen LogP contribution in [0.15, 0.2) is 24.8 Å². The smallest absolute Gasteiger partial charge is 0.0459 e. The molecule has 0 unspecified atom stereocenters. The van der Waals surface area contributed by atoms with Gasteiger partial charge >= 0.3 is 0 Å². The lowest BCUT2D eigenvalue weighted by molar-refractivity contribution is 0.199. The van der Waals surface area contributed by atoms with Gasteiger partial charge in [-0.2, -0.15) is 0 Å². The molecule has 0 heterocycles. The van der Waals surface area contributed by atoms with Crippen LogP contribution in [0.3, 0.4) is 0 Å². The predicted octanol–water partition coefficient (Wildman–Crippen LogP) is 2.79. The minimum absolute atomic E-state index is 0.889. The summed E-state index contributed by atoms with van der Waals surface area (Å²) in [5, 5.41) is 0. The maximum absolute atomic E-state index is 4.69. The minimum atomic E-state index is 0.889. The number of hydrogen-bond acceptors (Lipinski definition) is 1. The van der Waals surface area contributed by atoms with E-state index in [1.807, 2.05) is 19.1 Å². The topological polar surface area (TPSA) is 9.23 Å². The molecule has 0 aliphatic rings. The van der Waals surface area contributed by atoms with Crippen LogP contribution in [0.2, 0.25) is 0 Å². The monoisotopic (exact) mass is 142 g/mol. The van der Waals surface area contributed by atoms with Crippen molar-refractivity contribution in [2.24, 2.45) is 0 Å². The summed E-state index contributed by atoms with van der Waals surface area (Å²) in [7, 11) is 1.71. The highest BCUT2D eigenvalue weighted by atomic mass is 16.5. The van der Waals surface area contributed by atoms with Gasteiger partial charge in [-0.15, -0.1) is 0 Å². The van der Waals surface area contributed by atoms with Crippen molar-refractivity contribution >= 4 is 0 Å². The zero-order valence-electron chi connectivity index (χ0n) is 7.26. The molecule has 0 saturated heterocycles. The standard InChI is InChI=1S/C5H8.C4H10O/c1-3-5-4-2;1-3-4-5-2/h3-5H,1H2,2H3;3-4H2,1-2H3/b5-4-;. The Balaban J connectivity index is 0. The zero-order chi connectivity index (χ0) is 8.24. The highest BCUT2D eigenvalue weighted by molar-refractivity contribution is 4.94. The first kappa shape index (κ1) is 12.1. The van der Waals surface area contributed by atoms with Crippen LogP contribution in [0, 0.1) is 0 Å². The van der Waals surface area contributed by atoms with Gasteiger partial charge in [0.25, 0.3) is 0 Å². The lowest BCUT2D eigenvalue weighted by Gasteiger charge is -1.84. The summed E-state index contributed by atoms with van der Waals surface area (Å²) in [6.45, 7) is 8.40. The van der Waals surface area contributed by atoms with E-state index in [9.17, 15) is 0 Å². The third-order valence-corrected chi connectivity index (χ3v) is 0.737. The Bertz CT molecular complexity index is 72.8. The van der Waals surface area contributed by atoms with Crippen molar-refractivity contribution in [3.63, 3.8) is 0 Å². The Hall–Kier alpha value is -0.560. The van der Waals surface area contributed by atoms with Crippen LogP contribution < -0.4 is 0 Å². The average Bonchev–Trinajstić information content (AvgIpc) is 1.93. The molecule has 0 radical (unpaired) electrons. The first-order valence-electron chi connectivity index (χ1n) is 3.56. The van der Waals surface area contributed by atoms with Gasteiger partial charge in [-0.1, -0.05) is 31.7 Å². The summed E-state index contributed by atoms with van der Waals surface area (Å²) in [6.07, 6.45) is 6.70. The number of ether oxygens (including phenoxy) is 1. The number of allylic oxidation sites excluding steroid dienone is 3. The fourth-order valence-electron chi connectivity index (χ4n) is 0.340. The van der Waals surface area contributed by atoms with Gasteiger partial charge in [-0.3, -0.25) is 0 Å². The second-order valence-electron chi connectivity index (χ2n) is 1.75. The molecule has 0 aromatic rings. The summed E-state index contributed by atoms with van der Waals surface area (Å²) in [6, 6.07) is 0. The molecule has 0 amide bonds. The molecule has 0 N–H and O–H groups in total. The van der Waals surface area contributed by atoms with Gasteiger partial charge < -0.3 is 4.74 Å². The molecule has 0 spiro atoms. The summed E-state index contributed by atoms with van der Waals surface area (Å²) >= 11 is 0. The van der Waals surface area contributed by atoms with E-state index in [4.69, 9.17) is 4.74 Å². The third kappa shape index (κ3) is 26.1. The molecule has 0 aliphatic carbocycles. The molecular formula is C9H18O. The Labute approximate surface area is 64.4 Å². The van der Waals surface area contributed by atoms with Crippen LogP contribution in [-0.4, -0.2) is 13.7 Å². The van der Waals surface area contributed by atoms with Gasteiger partial charge in [0.1, 0.15) is 0 Å². The van der Waals surface area contributed by atoms with Gasteiger partial charge in [-0.05, 0) is 13.3 Å². The third-order valence-electron chi connectivity index (χ3n) is 0.737. The van der Waals surface area contributed by atoms with Crippen LogP contribution in [0.4, 0.5) is 0 Å². The summed E-state index contributed by atoms with van der Waals surface area (Å²) in [5.41, 5.74) is 0. The van der Waals surface area contributed by atoms with Gasteiger partial charge in [0.05, 0.1) is 0 Å². The first-order chi connectivity index (χ1) is 4.83. The molecule has 0 aromatic heterocycles. The quantitative estimate of drug-likeness (QED) is 0.550. The van der Waals surface area contributed by atoms with E-state index >= 15 is 0 Å². The van der Waals surface area contributed by atoms with Gasteiger partial charge in [-0.25, -0.2) is 0 Å². The molecule has 0 atom stereocenters. The second-order valence-corrected chi connectivity index (χ2v) is 1.75. The molecule has 1 heteroatoms. The summed E-state index contributed by atoms with van der Waals surface area (Å²) in [5.74, 6) is 0. The van der Waals surface area contributed by atoms with Gasteiger partial charge in [0, 0.05) is 13.7 Å². The highest BCUT2D eigenvalue weighted by Gasteiger charge is 1.66. The SMILES string of the molecule is C=C/C=C\C.CCCOC. The fourth-order valence-corrected chi connectivity index (χ4v) is 0.340. The minimum Gasteiger partial charge on any atom is -0.385 e. The van der Waals surface area contributed by atoms with Crippen molar-refractivity contribution in [3.8, 4) is 0 Å². The van der Waals surface area contributed by atoms with Crippen molar-refractivity contribution in [2.45, 2.75) is 20.3 Å². The van der Waals surface area contributed by atoms with Crippen LogP contribution >= 0.6 is 0 Å². The van der Waals surface area contributed by atoms with Crippen LogP contribution in [-0.2, 0) is 4.74 Å². The number of methoxy groups -OCH3 is 1. The highest BCUT2D eigenvalue weighted by Crippen LogP contribution is 1.70. The Kier molecular flexibility index (Phi) is 19.2. The molecule has 0 rings (SSSR count). The van der Waals surface area contributed by atoms with Gasteiger partial charge in [0.2, 0.25) is 0 Å². The normalized spacial score (nSPS) is 8.70. The lowest BCUT2D eigenvalue weighted by Crippen LogP contribution is -1.80. The van der Waals surface area contributed by atoms with E-state index in [2.05, 4.69) is 13.5 Å². The van der Waals surface area contributed by atoms with Crippen LogP contribution in [0.1, 0.15) is 20.3 Å². The molecule has 0 aromatic carbocycles.